The van der Waals surface area contributed by atoms with Crippen molar-refractivity contribution in [2.24, 2.45) is 5.10 Å². The summed E-state index contributed by atoms with van der Waals surface area (Å²) in [4.78, 5) is 12.9. The fourth-order valence-electron chi connectivity index (χ4n) is 4.27. The van der Waals surface area contributed by atoms with E-state index in [0.717, 1.165) is 21.0 Å². The first-order valence-corrected chi connectivity index (χ1v) is 15.4. The summed E-state index contributed by atoms with van der Waals surface area (Å²) < 4.78 is 34.7. The zero-order valence-electron chi connectivity index (χ0n) is 22.8. The van der Waals surface area contributed by atoms with Crippen molar-refractivity contribution in [1.29, 1.82) is 0 Å². The van der Waals surface area contributed by atoms with Crippen LogP contribution in [0.5, 0.6) is 5.75 Å². The van der Waals surface area contributed by atoms with Gasteiger partial charge in [-0.25, -0.2) is 13.8 Å². The Bertz CT molecular complexity index is 1840. The highest BCUT2D eigenvalue weighted by atomic mass is 79.9. The predicted octanol–water partition coefficient (Wildman–Crippen LogP) is 6.84. The zero-order chi connectivity index (χ0) is 29.5. The number of aryl methyl sites for hydroxylation is 1. The van der Waals surface area contributed by atoms with Gasteiger partial charge in [0.25, 0.3) is 15.9 Å². The summed E-state index contributed by atoms with van der Waals surface area (Å²) in [5.74, 6) is 0.118. The maximum absolute atomic E-state index is 13.5. The number of sulfonamides is 1. The predicted molar refractivity (Wildman–Crippen MR) is 170 cm³/mol. The van der Waals surface area contributed by atoms with Gasteiger partial charge >= 0.3 is 0 Å². The molecule has 0 radical (unpaired) electrons. The van der Waals surface area contributed by atoms with E-state index in [4.69, 9.17) is 4.74 Å². The fraction of sp³-hybridized carbons (Fsp3) is 0.0909. The maximum Gasteiger partial charge on any atom is 0.264 e. The lowest BCUT2D eigenvalue weighted by molar-refractivity contribution is -0.119. The first-order chi connectivity index (χ1) is 20.3. The summed E-state index contributed by atoms with van der Waals surface area (Å²) in [6.07, 6.45) is 1.49. The van der Waals surface area contributed by atoms with Crippen LogP contribution in [-0.4, -0.2) is 27.1 Å². The Kier molecular flexibility index (Phi) is 9.00. The summed E-state index contributed by atoms with van der Waals surface area (Å²) in [6.45, 7) is 1.86. The second-order valence-corrected chi connectivity index (χ2v) is 12.4. The van der Waals surface area contributed by atoms with E-state index in [1.165, 1.54) is 29.1 Å². The summed E-state index contributed by atoms with van der Waals surface area (Å²) in [5, 5.41) is 6.38. The molecular weight excluding hydrogens is 614 g/mol. The minimum atomic E-state index is -4.02. The standard InChI is InChI=1S/C33H28BrN3O4S/c1-24-9-17-32(18-10-24)42(39,40)37(30-8-4-7-29(34)20-30)22-33(38)36-35-21-25-12-15-31(16-13-25)41-23-26-11-14-27-5-2-3-6-28(27)19-26/h2-21H,22-23H2,1H3,(H,36,38)/b35-21-. The molecule has 5 aromatic rings. The van der Waals surface area contributed by atoms with Crippen LogP contribution in [-0.2, 0) is 21.4 Å². The number of benzene rings is 5. The molecule has 0 aromatic heterocycles. The zero-order valence-corrected chi connectivity index (χ0v) is 25.2. The van der Waals surface area contributed by atoms with Gasteiger partial charge in [-0.15, -0.1) is 0 Å². The molecule has 1 N–H and O–H groups in total. The van der Waals surface area contributed by atoms with Crippen molar-refractivity contribution in [3.63, 3.8) is 0 Å². The van der Waals surface area contributed by atoms with Crippen molar-refractivity contribution in [2.75, 3.05) is 10.8 Å². The normalized spacial score (nSPS) is 11.5. The van der Waals surface area contributed by atoms with Crippen molar-refractivity contribution in [1.82, 2.24) is 5.43 Å². The van der Waals surface area contributed by atoms with Crippen LogP contribution >= 0.6 is 15.9 Å². The van der Waals surface area contributed by atoms with Gasteiger partial charge in [0.05, 0.1) is 16.8 Å². The van der Waals surface area contributed by atoms with Gasteiger partial charge in [0, 0.05) is 4.47 Å². The lowest BCUT2D eigenvalue weighted by atomic mass is 10.1. The van der Waals surface area contributed by atoms with Crippen LogP contribution in [0.3, 0.4) is 0 Å². The number of hydrogen-bond acceptors (Lipinski definition) is 5. The smallest absolute Gasteiger partial charge is 0.264 e. The number of nitrogens with one attached hydrogen (secondary N) is 1. The topological polar surface area (TPSA) is 88.1 Å². The third-order valence-electron chi connectivity index (χ3n) is 6.49. The van der Waals surface area contributed by atoms with Gasteiger partial charge < -0.3 is 4.74 Å². The molecule has 7 nitrogen and oxygen atoms in total. The number of anilines is 1. The number of halogens is 1. The molecular formula is C33H28BrN3O4S. The summed E-state index contributed by atoms with van der Waals surface area (Å²) in [7, 11) is -4.02. The van der Waals surface area contributed by atoms with Gasteiger partial charge in [-0.2, -0.15) is 5.10 Å². The molecule has 0 atom stereocenters. The first kappa shape index (κ1) is 29.0. The number of hydrazone groups is 1. The lowest BCUT2D eigenvalue weighted by Gasteiger charge is -2.24. The van der Waals surface area contributed by atoms with E-state index in [0.29, 0.717) is 22.5 Å². The fourth-order valence-corrected chi connectivity index (χ4v) is 6.07. The van der Waals surface area contributed by atoms with Crippen LogP contribution in [0.4, 0.5) is 5.69 Å². The van der Waals surface area contributed by atoms with E-state index < -0.39 is 22.5 Å². The largest absolute Gasteiger partial charge is 0.489 e. The van der Waals surface area contributed by atoms with Crippen molar-refractivity contribution >= 4 is 54.5 Å². The highest BCUT2D eigenvalue weighted by Crippen LogP contribution is 2.26. The van der Waals surface area contributed by atoms with Gasteiger partial charge in [-0.1, -0.05) is 76.1 Å². The molecule has 0 aliphatic heterocycles. The summed E-state index contributed by atoms with van der Waals surface area (Å²) >= 11 is 3.38. The number of fused-ring (bicyclic) bond motifs is 1. The maximum atomic E-state index is 13.5. The molecule has 0 heterocycles. The lowest BCUT2D eigenvalue weighted by Crippen LogP contribution is -2.39. The van der Waals surface area contributed by atoms with Gasteiger partial charge in [0.1, 0.15) is 18.9 Å². The number of rotatable bonds is 10. The molecule has 9 heteroatoms. The molecule has 5 rings (SSSR count). The molecule has 0 aliphatic rings. The number of nitrogens with zero attached hydrogens (tertiary/aromatic N) is 2. The molecule has 0 bridgehead atoms. The number of hydrogen-bond donors (Lipinski definition) is 1. The summed E-state index contributed by atoms with van der Waals surface area (Å²) in [6, 6.07) is 35.0. The molecule has 0 unspecified atom stereocenters. The number of ether oxygens (including phenoxy) is 1. The third kappa shape index (κ3) is 7.23. The third-order valence-corrected chi connectivity index (χ3v) is 8.78. The number of carbonyl (C=O) groups excluding carboxylic acids is 1. The molecule has 0 spiro atoms. The van der Waals surface area contributed by atoms with Crippen LogP contribution in [0.15, 0.2) is 130 Å². The highest BCUT2D eigenvalue weighted by Gasteiger charge is 2.27. The molecule has 42 heavy (non-hydrogen) atoms. The van der Waals surface area contributed by atoms with Crippen LogP contribution in [0.1, 0.15) is 16.7 Å². The molecule has 212 valence electrons. The number of carbonyl (C=O) groups is 1. The average molecular weight is 643 g/mol. The highest BCUT2D eigenvalue weighted by molar-refractivity contribution is 9.10. The molecule has 0 fully saturated rings. The monoisotopic (exact) mass is 641 g/mol. The van der Waals surface area contributed by atoms with Crippen LogP contribution in [0, 0.1) is 6.92 Å². The van der Waals surface area contributed by atoms with Crippen LogP contribution < -0.4 is 14.5 Å². The van der Waals surface area contributed by atoms with E-state index in [9.17, 15) is 13.2 Å². The van der Waals surface area contributed by atoms with E-state index in [-0.39, 0.29) is 4.90 Å². The summed E-state index contributed by atoms with van der Waals surface area (Å²) in [5.41, 5.74) is 5.53. The number of amides is 1. The van der Waals surface area contributed by atoms with Gasteiger partial charge in [-0.3, -0.25) is 9.10 Å². The Morgan fingerprint density at radius 3 is 2.36 bits per heavy atom. The Morgan fingerprint density at radius 1 is 0.881 bits per heavy atom. The Hall–Kier alpha value is -4.47. The van der Waals surface area contributed by atoms with Crippen LogP contribution in [0.25, 0.3) is 10.8 Å². The van der Waals surface area contributed by atoms with Crippen molar-refractivity contribution in [3.8, 4) is 5.75 Å². The van der Waals surface area contributed by atoms with E-state index in [1.807, 2.05) is 43.3 Å². The molecule has 0 saturated carbocycles. The minimum absolute atomic E-state index is 0.0901. The van der Waals surface area contributed by atoms with E-state index >= 15 is 0 Å². The van der Waals surface area contributed by atoms with Crippen molar-refractivity contribution < 1.29 is 17.9 Å². The van der Waals surface area contributed by atoms with Gasteiger partial charge in [-0.05, 0) is 89.5 Å². The van der Waals surface area contributed by atoms with Crippen molar-refractivity contribution in [3.05, 3.63) is 136 Å². The second kappa shape index (κ2) is 13.0. The Labute approximate surface area is 253 Å². The average Bonchev–Trinajstić information content (AvgIpc) is 2.99. The van der Waals surface area contributed by atoms with Gasteiger partial charge in [0.2, 0.25) is 0 Å². The Morgan fingerprint density at radius 2 is 1.62 bits per heavy atom. The molecule has 0 saturated heterocycles. The van der Waals surface area contributed by atoms with E-state index in [2.05, 4.69) is 56.8 Å². The van der Waals surface area contributed by atoms with Crippen molar-refractivity contribution in [2.45, 2.75) is 18.4 Å². The molecule has 0 aliphatic carbocycles. The van der Waals surface area contributed by atoms with Crippen LogP contribution in [0.2, 0.25) is 0 Å². The molecule has 1 amide bonds. The molecule has 5 aromatic carbocycles. The first-order valence-electron chi connectivity index (χ1n) is 13.2. The van der Waals surface area contributed by atoms with Gasteiger partial charge in [0.15, 0.2) is 0 Å². The SMILES string of the molecule is Cc1ccc(S(=O)(=O)N(CC(=O)N/N=C\c2ccc(OCc3ccc4ccccc4c3)cc2)c2cccc(Br)c2)cc1. The van der Waals surface area contributed by atoms with E-state index in [1.54, 1.807) is 36.4 Å². The Balaban J connectivity index is 1.21. The minimum Gasteiger partial charge on any atom is -0.489 e. The second-order valence-electron chi connectivity index (χ2n) is 9.64. The quantitative estimate of drug-likeness (QED) is 0.134.